The van der Waals surface area contributed by atoms with Gasteiger partial charge in [-0.05, 0) is 12.5 Å². The average Bonchev–Trinajstić information content (AvgIpc) is 2.67. The van der Waals surface area contributed by atoms with E-state index in [-0.39, 0.29) is 5.78 Å². The summed E-state index contributed by atoms with van der Waals surface area (Å²) in [5, 5.41) is 2.81. The van der Waals surface area contributed by atoms with Crippen LogP contribution in [0, 0.1) is 5.92 Å². The quantitative estimate of drug-likeness (QED) is 0.757. The third kappa shape index (κ3) is 3.72. The Morgan fingerprint density at radius 1 is 1.67 bits per heavy atom. The minimum Gasteiger partial charge on any atom is -0.330 e. The van der Waals surface area contributed by atoms with Crippen molar-refractivity contribution in [3.63, 3.8) is 0 Å². The summed E-state index contributed by atoms with van der Waals surface area (Å²) in [7, 11) is 0. The molecule has 0 aliphatic heterocycles. The zero-order valence-corrected chi connectivity index (χ0v) is 10.1. The van der Waals surface area contributed by atoms with Crippen molar-refractivity contribution in [1.29, 1.82) is 0 Å². The molecule has 1 heterocycles. The van der Waals surface area contributed by atoms with Crippen molar-refractivity contribution in [2.24, 2.45) is 11.7 Å². The molecule has 4 heteroatoms. The van der Waals surface area contributed by atoms with E-state index in [1.54, 1.807) is 0 Å². The lowest BCUT2D eigenvalue weighted by Gasteiger charge is -2.04. The summed E-state index contributed by atoms with van der Waals surface area (Å²) in [5.41, 5.74) is 6.04. The van der Waals surface area contributed by atoms with E-state index in [4.69, 9.17) is 5.73 Å². The molecule has 0 aliphatic rings. The number of carbonyl (C=O) groups excluding carboxylic acids is 1. The molecule has 0 aliphatic carbocycles. The molecule has 0 aromatic carbocycles. The second-order valence-electron chi connectivity index (χ2n) is 3.81. The van der Waals surface area contributed by atoms with Crippen molar-refractivity contribution in [3.8, 4) is 0 Å². The molecular weight excluding hydrogens is 208 g/mol. The van der Waals surface area contributed by atoms with E-state index in [0.29, 0.717) is 24.6 Å². The van der Waals surface area contributed by atoms with Gasteiger partial charge in [0.25, 0.3) is 0 Å². The van der Waals surface area contributed by atoms with E-state index in [1.807, 2.05) is 5.38 Å². The summed E-state index contributed by atoms with van der Waals surface area (Å²) in [6.07, 6.45) is 2.40. The van der Waals surface area contributed by atoms with Crippen LogP contribution in [0.15, 0.2) is 5.38 Å². The predicted octanol–water partition coefficient (Wildman–Crippen LogP) is 2.26. The Hall–Kier alpha value is -0.740. The normalized spacial score (nSPS) is 12.7. The lowest BCUT2D eigenvalue weighted by Crippen LogP contribution is -2.07. The Labute approximate surface area is 94.7 Å². The van der Waals surface area contributed by atoms with Crippen molar-refractivity contribution in [3.05, 3.63) is 16.1 Å². The van der Waals surface area contributed by atoms with E-state index < -0.39 is 0 Å². The zero-order chi connectivity index (χ0) is 11.3. The van der Waals surface area contributed by atoms with Crippen LogP contribution in [0.2, 0.25) is 0 Å². The van der Waals surface area contributed by atoms with Crippen LogP contribution in [-0.2, 0) is 6.42 Å². The maximum absolute atomic E-state index is 11.7. The number of hydrogen-bond acceptors (Lipinski definition) is 4. The summed E-state index contributed by atoms with van der Waals surface area (Å²) in [5.74, 6) is 0.598. The first-order valence-electron chi connectivity index (χ1n) is 5.35. The standard InChI is InChI=1S/C11H18N2OS/c1-3-8(2)6-10(14)9-7-15-11(13-9)4-5-12/h7-8H,3-6,12H2,1-2H3. The fourth-order valence-electron chi connectivity index (χ4n) is 1.24. The van der Waals surface area contributed by atoms with E-state index in [9.17, 15) is 4.79 Å². The van der Waals surface area contributed by atoms with Gasteiger partial charge in [-0.1, -0.05) is 20.3 Å². The van der Waals surface area contributed by atoms with Crippen molar-refractivity contribution in [2.45, 2.75) is 33.1 Å². The molecule has 0 radical (unpaired) electrons. The van der Waals surface area contributed by atoms with Crippen LogP contribution in [-0.4, -0.2) is 17.3 Å². The first-order valence-corrected chi connectivity index (χ1v) is 6.23. The minimum atomic E-state index is 0.156. The molecule has 1 aromatic rings. The van der Waals surface area contributed by atoms with E-state index in [1.165, 1.54) is 11.3 Å². The van der Waals surface area contributed by atoms with Gasteiger partial charge in [0.05, 0.1) is 5.01 Å². The highest BCUT2D eigenvalue weighted by molar-refractivity contribution is 7.09. The minimum absolute atomic E-state index is 0.156. The number of hydrogen-bond donors (Lipinski definition) is 1. The first kappa shape index (κ1) is 12.3. The Morgan fingerprint density at radius 2 is 2.40 bits per heavy atom. The number of nitrogens with two attached hydrogens (primary N) is 1. The lowest BCUT2D eigenvalue weighted by atomic mass is 10.0. The molecule has 0 fully saturated rings. The van der Waals surface area contributed by atoms with E-state index in [2.05, 4.69) is 18.8 Å². The van der Waals surface area contributed by atoms with Gasteiger partial charge in [0.2, 0.25) is 0 Å². The molecule has 1 rings (SSSR count). The van der Waals surface area contributed by atoms with Crippen LogP contribution in [0.1, 0.15) is 42.2 Å². The average molecular weight is 226 g/mol. The summed E-state index contributed by atoms with van der Waals surface area (Å²) in [6.45, 7) is 4.77. The smallest absolute Gasteiger partial charge is 0.182 e. The second kappa shape index (κ2) is 5.98. The molecule has 0 spiro atoms. The van der Waals surface area contributed by atoms with Crippen molar-refractivity contribution in [1.82, 2.24) is 4.98 Å². The van der Waals surface area contributed by atoms with Crippen molar-refractivity contribution < 1.29 is 4.79 Å². The zero-order valence-electron chi connectivity index (χ0n) is 9.32. The van der Waals surface area contributed by atoms with Crippen LogP contribution >= 0.6 is 11.3 Å². The van der Waals surface area contributed by atoms with Gasteiger partial charge in [-0.25, -0.2) is 4.98 Å². The molecule has 0 amide bonds. The summed E-state index contributed by atoms with van der Waals surface area (Å²) in [4.78, 5) is 16.0. The van der Waals surface area contributed by atoms with Gasteiger partial charge in [0.15, 0.2) is 5.78 Å². The van der Waals surface area contributed by atoms with Gasteiger partial charge in [0.1, 0.15) is 5.69 Å². The van der Waals surface area contributed by atoms with Crippen LogP contribution < -0.4 is 5.73 Å². The van der Waals surface area contributed by atoms with Gasteiger partial charge >= 0.3 is 0 Å². The molecule has 2 N–H and O–H groups in total. The third-order valence-corrected chi connectivity index (χ3v) is 3.34. The van der Waals surface area contributed by atoms with Gasteiger partial charge in [0, 0.05) is 18.2 Å². The lowest BCUT2D eigenvalue weighted by molar-refractivity contribution is 0.0959. The third-order valence-electron chi connectivity index (χ3n) is 2.43. The fourth-order valence-corrected chi connectivity index (χ4v) is 2.06. The van der Waals surface area contributed by atoms with Gasteiger partial charge in [-0.3, -0.25) is 4.79 Å². The number of Topliss-reactive ketones (excluding diaryl/α,β-unsaturated/α-hetero) is 1. The van der Waals surface area contributed by atoms with Gasteiger partial charge < -0.3 is 5.73 Å². The first-order chi connectivity index (χ1) is 7.17. The monoisotopic (exact) mass is 226 g/mol. The molecular formula is C11H18N2OS. The number of aromatic nitrogens is 1. The van der Waals surface area contributed by atoms with E-state index >= 15 is 0 Å². The number of ketones is 1. The van der Waals surface area contributed by atoms with Crippen LogP contribution in [0.5, 0.6) is 0 Å². The highest BCUT2D eigenvalue weighted by Crippen LogP contribution is 2.15. The number of thiazole rings is 1. The summed E-state index contributed by atoms with van der Waals surface area (Å²) in [6, 6.07) is 0. The van der Waals surface area contributed by atoms with Crippen LogP contribution in [0.4, 0.5) is 0 Å². The van der Waals surface area contributed by atoms with Crippen LogP contribution in [0.3, 0.4) is 0 Å². The molecule has 1 aromatic heterocycles. The molecule has 1 atom stereocenters. The van der Waals surface area contributed by atoms with Crippen molar-refractivity contribution >= 4 is 17.1 Å². The number of nitrogens with zero attached hydrogens (tertiary/aromatic N) is 1. The summed E-state index contributed by atoms with van der Waals surface area (Å²) < 4.78 is 0. The second-order valence-corrected chi connectivity index (χ2v) is 4.75. The van der Waals surface area contributed by atoms with Crippen LogP contribution in [0.25, 0.3) is 0 Å². The molecule has 15 heavy (non-hydrogen) atoms. The Bertz CT molecular complexity index is 322. The molecule has 0 bridgehead atoms. The Balaban J connectivity index is 2.58. The van der Waals surface area contributed by atoms with Gasteiger partial charge in [-0.2, -0.15) is 0 Å². The number of carbonyl (C=O) groups is 1. The Kier molecular flexibility index (Phi) is 4.91. The molecule has 0 saturated heterocycles. The number of rotatable bonds is 6. The van der Waals surface area contributed by atoms with Crippen molar-refractivity contribution in [2.75, 3.05) is 6.54 Å². The molecule has 3 nitrogen and oxygen atoms in total. The SMILES string of the molecule is CCC(C)CC(=O)c1csc(CCN)n1. The predicted molar refractivity (Wildman–Crippen MR) is 63.3 cm³/mol. The largest absolute Gasteiger partial charge is 0.330 e. The Morgan fingerprint density at radius 3 is 3.00 bits per heavy atom. The topological polar surface area (TPSA) is 56.0 Å². The maximum Gasteiger partial charge on any atom is 0.182 e. The molecule has 84 valence electrons. The molecule has 1 unspecified atom stereocenters. The highest BCUT2D eigenvalue weighted by Gasteiger charge is 2.13. The highest BCUT2D eigenvalue weighted by atomic mass is 32.1. The maximum atomic E-state index is 11.7. The van der Waals surface area contributed by atoms with E-state index in [0.717, 1.165) is 17.8 Å². The van der Waals surface area contributed by atoms with Gasteiger partial charge in [-0.15, -0.1) is 11.3 Å². The molecule has 0 saturated carbocycles. The summed E-state index contributed by atoms with van der Waals surface area (Å²) >= 11 is 1.53. The fraction of sp³-hybridized carbons (Fsp3) is 0.636.